The van der Waals surface area contributed by atoms with Crippen LogP contribution in [0.15, 0.2) is 18.2 Å². The first-order valence-electron chi connectivity index (χ1n) is 4.94. The first kappa shape index (κ1) is 13.8. The topological polar surface area (TPSA) is 99.2 Å². The van der Waals surface area contributed by atoms with Crippen LogP contribution in [-0.4, -0.2) is 30.4 Å². The average molecular weight is 267 g/mol. The van der Waals surface area contributed by atoms with Crippen molar-refractivity contribution < 1.29 is 9.59 Å². The van der Waals surface area contributed by atoms with Gasteiger partial charge in [0, 0.05) is 12.7 Å². The quantitative estimate of drug-likeness (QED) is 0.859. The Morgan fingerprint density at radius 3 is 2.72 bits per heavy atom. The number of nitriles is 1. The Kier molecular flexibility index (Phi) is 4.52. The molecule has 0 aliphatic heterocycles. The van der Waals surface area contributed by atoms with E-state index in [2.05, 4.69) is 5.32 Å². The molecule has 0 aromatic heterocycles. The number of primary amides is 1. The number of halogens is 1. The number of anilines is 1. The average Bonchev–Trinajstić information content (AvgIpc) is 2.28. The molecule has 0 saturated carbocycles. The van der Waals surface area contributed by atoms with E-state index in [1.54, 1.807) is 6.07 Å². The minimum absolute atomic E-state index is 0.160. The predicted octanol–water partition coefficient (Wildman–Crippen LogP) is 1.16. The van der Waals surface area contributed by atoms with Gasteiger partial charge in [-0.3, -0.25) is 4.79 Å². The van der Waals surface area contributed by atoms with Crippen LogP contribution in [-0.2, 0) is 4.79 Å². The summed E-state index contributed by atoms with van der Waals surface area (Å²) in [5, 5.41) is 11.5. The zero-order valence-electron chi connectivity index (χ0n) is 9.61. The van der Waals surface area contributed by atoms with Crippen LogP contribution in [0.25, 0.3) is 0 Å². The Hall–Kier alpha value is -2.26. The van der Waals surface area contributed by atoms with E-state index >= 15 is 0 Å². The van der Waals surface area contributed by atoms with Gasteiger partial charge in [0.1, 0.15) is 12.6 Å². The lowest BCUT2D eigenvalue weighted by atomic mass is 10.2. The van der Waals surface area contributed by atoms with Gasteiger partial charge in [-0.2, -0.15) is 5.26 Å². The van der Waals surface area contributed by atoms with Crippen LogP contribution in [0.3, 0.4) is 0 Å². The van der Waals surface area contributed by atoms with Gasteiger partial charge in [0.25, 0.3) is 0 Å². The van der Waals surface area contributed by atoms with Crippen molar-refractivity contribution in [2.24, 2.45) is 5.73 Å². The molecule has 0 radical (unpaired) electrons. The molecule has 0 atom stereocenters. The molecule has 1 aromatic rings. The maximum atomic E-state index is 11.5. The van der Waals surface area contributed by atoms with E-state index < -0.39 is 11.9 Å². The third-order valence-corrected chi connectivity index (χ3v) is 2.44. The lowest BCUT2D eigenvalue weighted by molar-refractivity contribution is -0.116. The Balaban J connectivity index is 2.69. The molecule has 0 aliphatic carbocycles. The number of carbonyl (C=O) groups is 2. The first-order chi connectivity index (χ1) is 8.43. The zero-order chi connectivity index (χ0) is 13.7. The van der Waals surface area contributed by atoms with Crippen molar-refractivity contribution in [2.45, 2.75) is 0 Å². The van der Waals surface area contributed by atoms with E-state index in [1.165, 1.54) is 19.2 Å². The van der Waals surface area contributed by atoms with Gasteiger partial charge < -0.3 is 16.0 Å². The maximum Gasteiger partial charge on any atom is 0.314 e. The van der Waals surface area contributed by atoms with E-state index in [1.807, 2.05) is 6.07 Å². The summed E-state index contributed by atoms with van der Waals surface area (Å²) in [5.41, 5.74) is 5.76. The van der Waals surface area contributed by atoms with Gasteiger partial charge in [0.2, 0.25) is 5.91 Å². The predicted molar refractivity (Wildman–Crippen MR) is 67.0 cm³/mol. The number of rotatable bonds is 3. The second-order valence-electron chi connectivity index (χ2n) is 3.55. The third-order valence-electron chi connectivity index (χ3n) is 2.13. The molecule has 0 aliphatic rings. The molecule has 3 amide bonds. The van der Waals surface area contributed by atoms with E-state index in [4.69, 9.17) is 22.6 Å². The van der Waals surface area contributed by atoms with Gasteiger partial charge in [-0.05, 0) is 18.2 Å². The number of nitrogens with two attached hydrogens (primary N) is 1. The lowest BCUT2D eigenvalue weighted by Gasteiger charge is -2.13. The van der Waals surface area contributed by atoms with Crippen LogP contribution in [0.5, 0.6) is 0 Å². The van der Waals surface area contributed by atoms with Gasteiger partial charge in [0.15, 0.2) is 0 Å². The maximum absolute atomic E-state index is 11.5. The van der Waals surface area contributed by atoms with Gasteiger partial charge >= 0.3 is 6.03 Å². The molecule has 6 nitrogen and oxygen atoms in total. The van der Waals surface area contributed by atoms with Gasteiger partial charge in [-0.1, -0.05) is 11.6 Å². The number of nitrogens with one attached hydrogen (secondary N) is 1. The van der Waals surface area contributed by atoms with Crippen LogP contribution in [0, 0.1) is 11.3 Å². The van der Waals surface area contributed by atoms with Crippen molar-refractivity contribution in [3.05, 3.63) is 28.8 Å². The Morgan fingerprint density at radius 2 is 2.22 bits per heavy atom. The van der Waals surface area contributed by atoms with Gasteiger partial charge in [-0.15, -0.1) is 0 Å². The smallest absolute Gasteiger partial charge is 0.314 e. The molecule has 0 heterocycles. The van der Waals surface area contributed by atoms with Crippen molar-refractivity contribution in [1.29, 1.82) is 5.26 Å². The van der Waals surface area contributed by atoms with Gasteiger partial charge in [0.05, 0.1) is 10.6 Å². The minimum atomic E-state index is -0.692. The molecule has 7 heteroatoms. The number of benzene rings is 1. The van der Waals surface area contributed by atoms with Crippen molar-refractivity contribution in [2.75, 3.05) is 18.9 Å². The van der Waals surface area contributed by atoms with Crippen LogP contribution in [0.1, 0.15) is 5.56 Å². The van der Waals surface area contributed by atoms with E-state index in [0.717, 1.165) is 4.90 Å². The number of carbonyl (C=O) groups excluding carboxylic acids is 2. The summed E-state index contributed by atoms with van der Waals surface area (Å²) >= 11 is 5.81. The molecule has 0 fully saturated rings. The fraction of sp³-hybridized carbons (Fsp3) is 0.182. The highest BCUT2D eigenvalue weighted by molar-refractivity contribution is 6.32. The summed E-state index contributed by atoms with van der Waals surface area (Å²) in [4.78, 5) is 23.3. The van der Waals surface area contributed by atoms with E-state index in [0.29, 0.717) is 11.3 Å². The molecule has 94 valence electrons. The van der Waals surface area contributed by atoms with E-state index in [9.17, 15) is 9.59 Å². The molecular weight excluding hydrogens is 256 g/mol. The van der Waals surface area contributed by atoms with Crippen molar-refractivity contribution in [1.82, 2.24) is 4.90 Å². The Labute approximate surface area is 109 Å². The van der Waals surface area contributed by atoms with Crippen LogP contribution in [0.2, 0.25) is 5.02 Å². The van der Waals surface area contributed by atoms with Crippen molar-refractivity contribution >= 4 is 29.2 Å². The molecule has 0 bridgehead atoms. The standard InChI is InChI=1S/C11H11ClN4O2/c1-16(11(14)18)6-10(17)15-8-3-2-7(5-13)9(12)4-8/h2-4H,6H2,1H3,(H2,14,18)(H,15,17). The number of urea groups is 1. The highest BCUT2D eigenvalue weighted by Gasteiger charge is 2.10. The van der Waals surface area contributed by atoms with Crippen LogP contribution < -0.4 is 11.1 Å². The Bertz CT molecular complexity index is 524. The largest absolute Gasteiger partial charge is 0.351 e. The highest BCUT2D eigenvalue weighted by Crippen LogP contribution is 2.20. The number of amides is 3. The first-order valence-corrected chi connectivity index (χ1v) is 5.32. The summed E-state index contributed by atoms with van der Waals surface area (Å²) in [6.07, 6.45) is 0. The Morgan fingerprint density at radius 1 is 1.56 bits per heavy atom. The molecular formula is C11H11ClN4O2. The lowest BCUT2D eigenvalue weighted by Crippen LogP contribution is -2.38. The van der Waals surface area contributed by atoms with Crippen LogP contribution >= 0.6 is 11.6 Å². The summed E-state index contributed by atoms with van der Waals surface area (Å²) in [7, 11) is 1.41. The fourth-order valence-electron chi connectivity index (χ4n) is 1.18. The second kappa shape index (κ2) is 5.89. The SMILES string of the molecule is CN(CC(=O)Nc1ccc(C#N)c(Cl)c1)C(N)=O. The van der Waals surface area contributed by atoms with Crippen molar-refractivity contribution in [3.63, 3.8) is 0 Å². The second-order valence-corrected chi connectivity index (χ2v) is 3.96. The zero-order valence-corrected chi connectivity index (χ0v) is 10.4. The van der Waals surface area contributed by atoms with E-state index in [-0.39, 0.29) is 11.6 Å². The van der Waals surface area contributed by atoms with Crippen molar-refractivity contribution in [3.8, 4) is 6.07 Å². The molecule has 0 spiro atoms. The molecule has 0 unspecified atom stereocenters. The molecule has 18 heavy (non-hydrogen) atoms. The number of hydrogen-bond donors (Lipinski definition) is 2. The van der Waals surface area contributed by atoms with Gasteiger partial charge in [-0.25, -0.2) is 4.79 Å². The summed E-state index contributed by atoms with van der Waals surface area (Å²) < 4.78 is 0. The normalized spacial score (nSPS) is 9.39. The third kappa shape index (κ3) is 3.64. The molecule has 3 N–H and O–H groups in total. The summed E-state index contributed by atoms with van der Waals surface area (Å²) in [5.74, 6) is -0.405. The highest BCUT2D eigenvalue weighted by atomic mass is 35.5. The number of likely N-dealkylation sites (N-methyl/N-ethyl adjacent to an activating group) is 1. The number of nitrogens with zero attached hydrogens (tertiary/aromatic N) is 2. The number of hydrogen-bond acceptors (Lipinski definition) is 3. The molecule has 0 saturated heterocycles. The van der Waals surface area contributed by atoms with Crippen LogP contribution in [0.4, 0.5) is 10.5 Å². The molecule has 1 aromatic carbocycles. The molecule has 1 rings (SSSR count). The summed E-state index contributed by atoms with van der Waals surface area (Å²) in [6.45, 7) is -0.160. The monoisotopic (exact) mass is 266 g/mol. The summed E-state index contributed by atoms with van der Waals surface area (Å²) in [6, 6.07) is 5.72. The minimum Gasteiger partial charge on any atom is -0.351 e. The fourth-order valence-corrected chi connectivity index (χ4v) is 1.40.